The smallest absolute Gasteiger partial charge is 0.0638 e. The van der Waals surface area contributed by atoms with Gasteiger partial charge < -0.3 is 11.1 Å². The van der Waals surface area contributed by atoms with E-state index in [-0.39, 0.29) is 6.04 Å². The molecule has 0 aliphatic heterocycles. The van der Waals surface area contributed by atoms with Crippen molar-refractivity contribution in [1.29, 1.82) is 0 Å². The second kappa shape index (κ2) is 5.86. The largest absolute Gasteiger partial charge is 0.377 e. The Labute approximate surface area is 125 Å². The minimum absolute atomic E-state index is 0.146. The Morgan fingerprint density at radius 3 is 2.45 bits per heavy atom. The molecule has 1 saturated carbocycles. The Balaban J connectivity index is 1.84. The highest BCUT2D eigenvalue weighted by molar-refractivity contribution is 6.30. The normalized spacial score (nSPS) is 15.9. The SMILES string of the molecule is NCC(Nc1ccc(Cl)cc1)c1ccccc1C1CC1. The summed E-state index contributed by atoms with van der Waals surface area (Å²) in [7, 11) is 0. The molecule has 2 aromatic rings. The summed E-state index contributed by atoms with van der Waals surface area (Å²) in [5.74, 6) is 0.729. The molecule has 1 aliphatic rings. The van der Waals surface area contributed by atoms with Crippen molar-refractivity contribution >= 4 is 17.3 Å². The van der Waals surface area contributed by atoms with Gasteiger partial charge in [-0.25, -0.2) is 0 Å². The van der Waals surface area contributed by atoms with E-state index in [4.69, 9.17) is 17.3 Å². The molecule has 3 N–H and O–H groups in total. The molecule has 0 heterocycles. The molecule has 1 atom stereocenters. The molecule has 2 nitrogen and oxygen atoms in total. The molecular formula is C17H19ClN2. The number of rotatable bonds is 5. The van der Waals surface area contributed by atoms with Gasteiger partial charge in [-0.15, -0.1) is 0 Å². The van der Waals surface area contributed by atoms with E-state index in [1.165, 1.54) is 24.0 Å². The molecule has 104 valence electrons. The topological polar surface area (TPSA) is 38.0 Å². The van der Waals surface area contributed by atoms with Crippen LogP contribution in [0.4, 0.5) is 5.69 Å². The van der Waals surface area contributed by atoms with Crippen LogP contribution in [0.25, 0.3) is 0 Å². The molecule has 0 amide bonds. The molecule has 20 heavy (non-hydrogen) atoms. The minimum Gasteiger partial charge on any atom is -0.377 e. The molecule has 1 unspecified atom stereocenters. The standard InChI is InChI=1S/C17H19ClN2/c18-13-7-9-14(10-8-13)20-17(11-19)16-4-2-1-3-15(16)12-5-6-12/h1-4,7-10,12,17,20H,5-6,11,19H2. The second-order valence-corrected chi connectivity index (χ2v) is 5.78. The summed E-state index contributed by atoms with van der Waals surface area (Å²) < 4.78 is 0. The van der Waals surface area contributed by atoms with Gasteiger partial charge in [-0.2, -0.15) is 0 Å². The second-order valence-electron chi connectivity index (χ2n) is 5.34. The van der Waals surface area contributed by atoms with Gasteiger partial charge in [0.25, 0.3) is 0 Å². The van der Waals surface area contributed by atoms with Gasteiger partial charge in [0.15, 0.2) is 0 Å². The summed E-state index contributed by atoms with van der Waals surface area (Å²) in [6.45, 7) is 0.576. The van der Waals surface area contributed by atoms with Crippen molar-refractivity contribution in [3.8, 4) is 0 Å². The van der Waals surface area contributed by atoms with Gasteiger partial charge in [-0.1, -0.05) is 35.9 Å². The summed E-state index contributed by atoms with van der Waals surface area (Å²) in [4.78, 5) is 0. The highest BCUT2D eigenvalue weighted by Gasteiger charge is 2.27. The lowest BCUT2D eigenvalue weighted by molar-refractivity contribution is 0.776. The number of halogens is 1. The first kappa shape index (κ1) is 13.5. The van der Waals surface area contributed by atoms with E-state index < -0.39 is 0 Å². The van der Waals surface area contributed by atoms with Crippen LogP contribution in [0.2, 0.25) is 5.02 Å². The van der Waals surface area contributed by atoms with Crippen LogP contribution in [0.5, 0.6) is 0 Å². The predicted molar refractivity (Wildman–Crippen MR) is 85.3 cm³/mol. The fourth-order valence-electron chi connectivity index (χ4n) is 2.61. The van der Waals surface area contributed by atoms with E-state index in [1.54, 1.807) is 0 Å². The van der Waals surface area contributed by atoms with E-state index in [0.717, 1.165) is 16.6 Å². The first-order chi connectivity index (χ1) is 9.78. The van der Waals surface area contributed by atoms with Gasteiger partial charge >= 0.3 is 0 Å². The van der Waals surface area contributed by atoms with Crippen LogP contribution < -0.4 is 11.1 Å². The zero-order valence-electron chi connectivity index (χ0n) is 11.4. The third-order valence-electron chi connectivity index (χ3n) is 3.81. The number of hydrogen-bond acceptors (Lipinski definition) is 2. The molecule has 1 aliphatic carbocycles. The molecular weight excluding hydrogens is 268 g/mol. The molecule has 0 aromatic heterocycles. The van der Waals surface area contributed by atoms with Gasteiger partial charge in [-0.05, 0) is 54.2 Å². The van der Waals surface area contributed by atoms with Crippen LogP contribution >= 0.6 is 11.6 Å². The van der Waals surface area contributed by atoms with E-state index >= 15 is 0 Å². The summed E-state index contributed by atoms with van der Waals surface area (Å²) >= 11 is 5.92. The van der Waals surface area contributed by atoms with Crippen molar-refractivity contribution in [2.75, 3.05) is 11.9 Å². The van der Waals surface area contributed by atoms with Crippen LogP contribution in [-0.2, 0) is 0 Å². The lowest BCUT2D eigenvalue weighted by atomic mass is 9.97. The average molecular weight is 287 g/mol. The molecule has 2 aromatic carbocycles. The highest BCUT2D eigenvalue weighted by Crippen LogP contribution is 2.43. The molecule has 0 saturated heterocycles. The van der Waals surface area contributed by atoms with Crippen LogP contribution in [0, 0.1) is 0 Å². The summed E-state index contributed by atoms with van der Waals surface area (Å²) in [6, 6.07) is 16.5. The number of nitrogens with two attached hydrogens (primary N) is 1. The summed E-state index contributed by atoms with van der Waals surface area (Å²) in [6.07, 6.45) is 2.60. The van der Waals surface area contributed by atoms with Crippen LogP contribution in [-0.4, -0.2) is 6.54 Å². The summed E-state index contributed by atoms with van der Waals surface area (Å²) in [5, 5.41) is 4.26. The fourth-order valence-corrected chi connectivity index (χ4v) is 2.73. The van der Waals surface area contributed by atoms with E-state index in [0.29, 0.717) is 6.54 Å². The molecule has 0 radical (unpaired) electrons. The molecule has 1 fully saturated rings. The number of nitrogens with one attached hydrogen (secondary N) is 1. The van der Waals surface area contributed by atoms with Crippen LogP contribution in [0.1, 0.15) is 35.9 Å². The Morgan fingerprint density at radius 2 is 1.80 bits per heavy atom. The van der Waals surface area contributed by atoms with Gasteiger partial charge in [0.1, 0.15) is 0 Å². The zero-order valence-corrected chi connectivity index (χ0v) is 12.1. The fraction of sp³-hybridized carbons (Fsp3) is 0.294. The van der Waals surface area contributed by atoms with Crippen molar-refractivity contribution in [2.45, 2.75) is 24.8 Å². The minimum atomic E-state index is 0.146. The average Bonchev–Trinajstić information content (AvgIpc) is 3.31. The molecule has 3 rings (SSSR count). The Morgan fingerprint density at radius 1 is 1.10 bits per heavy atom. The first-order valence-corrected chi connectivity index (χ1v) is 7.46. The van der Waals surface area contributed by atoms with Gasteiger partial charge in [-0.3, -0.25) is 0 Å². The van der Waals surface area contributed by atoms with Gasteiger partial charge in [0.2, 0.25) is 0 Å². The lowest BCUT2D eigenvalue weighted by Crippen LogP contribution is -2.21. The Hall–Kier alpha value is -1.51. The van der Waals surface area contributed by atoms with Crippen molar-refractivity contribution in [3.63, 3.8) is 0 Å². The van der Waals surface area contributed by atoms with Crippen molar-refractivity contribution < 1.29 is 0 Å². The zero-order chi connectivity index (χ0) is 13.9. The molecule has 3 heteroatoms. The number of hydrogen-bond donors (Lipinski definition) is 2. The number of benzene rings is 2. The van der Waals surface area contributed by atoms with Crippen LogP contribution in [0.15, 0.2) is 48.5 Å². The quantitative estimate of drug-likeness (QED) is 0.858. The predicted octanol–water partition coefficient (Wildman–Crippen LogP) is 4.33. The Bertz CT molecular complexity index is 576. The highest BCUT2D eigenvalue weighted by atomic mass is 35.5. The monoisotopic (exact) mass is 286 g/mol. The van der Waals surface area contributed by atoms with Crippen molar-refractivity contribution in [1.82, 2.24) is 0 Å². The maximum atomic E-state index is 5.98. The summed E-state index contributed by atoms with van der Waals surface area (Å²) in [5.41, 5.74) is 9.81. The van der Waals surface area contributed by atoms with E-state index in [2.05, 4.69) is 29.6 Å². The van der Waals surface area contributed by atoms with Crippen LogP contribution in [0.3, 0.4) is 0 Å². The third kappa shape index (κ3) is 2.97. The van der Waals surface area contributed by atoms with Gasteiger partial charge in [0, 0.05) is 17.3 Å². The first-order valence-electron chi connectivity index (χ1n) is 7.09. The molecule has 0 spiro atoms. The number of anilines is 1. The maximum absolute atomic E-state index is 5.98. The van der Waals surface area contributed by atoms with E-state index in [1.807, 2.05) is 24.3 Å². The Kier molecular flexibility index (Phi) is 3.95. The molecule has 0 bridgehead atoms. The van der Waals surface area contributed by atoms with Gasteiger partial charge in [0.05, 0.1) is 6.04 Å². The van der Waals surface area contributed by atoms with Crippen molar-refractivity contribution in [2.24, 2.45) is 5.73 Å². The van der Waals surface area contributed by atoms with Crippen molar-refractivity contribution in [3.05, 3.63) is 64.7 Å². The lowest BCUT2D eigenvalue weighted by Gasteiger charge is -2.21. The maximum Gasteiger partial charge on any atom is 0.0638 e. The van der Waals surface area contributed by atoms with E-state index in [9.17, 15) is 0 Å². The third-order valence-corrected chi connectivity index (χ3v) is 4.06.